The molecule has 0 N–H and O–H groups in total. The molecule has 2 aromatic rings. The first kappa shape index (κ1) is 15.0. The van der Waals surface area contributed by atoms with Crippen LogP contribution in [0.25, 0.3) is 0 Å². The lowest BCUT2D eigenvalue weighted by Crippen LogP contribution is -2.17. The Morgan fingerprint density at radius 3 is 2.67 bits per heavy atom. The van der Waals surface area contributed by atoms with Crippen LogP contribution in [0, 0.1) is 21.4 Å². The van der Waals surface area contributed by atoms with Gasteiger partial charge in [-0.25, -0.2) is 0 Å². The minimum Gasteiger partial charge on any atom is -0.369 e. The number of anilines is 1. The van der Waals surface area contributed by atoms with Crippen molar-refractivity contribution < 1.29 is 4.92 Å². The zero-order chi connectivity index (χ0) is 15.4. The molecule has 0 radical (unpaired) electrons. The highest BCUT2D eigenvalue weighted by atomic mass is 79.9. The molecule has 2 rings (SSSR count). The van der Waals surface area contributed by atoms with Gasteiger partial charge < -0.3 is 4.90 Å². The monoisotopic (exact) mass is 345 g/mol. The van der Waals surface area contributed by atoms with E-state index in [0.717, 1.165) is 10.0 Å². The Kier molecular flexibility index (Phi) is 4.55. The van der Waals surface area contributed by atoms with E-state index in [1.807, 2.05) is 42.3 Å². The molecule has 0 saturated heterocycles. The van der Waals surface area contributed by atoms with E-state index < -0.39 is 4.92 Å². The number of rotatable bonds is 4. The van der Waals surface area contributed by atoms with Gasteiger partial charge in [0.1, 0.15) is 6.07 Å². The Labute approximate surface area is 130 Å². The summed E-state index contributed by atoms with van der Waals surface area (Å²) in [5, 5.41) is 19.9. The Bertz CT molecular complexity index is 725. The summed E-state index contributed by atoms with van der Waals surface area (Å²) in [7, 11) is 1.85. The van der Waals surface area contributed by atoms with Crippen LogP contribution >= 0.6 is 15.9 Å². The van der Waals surface area contributed by atoms with Crippen LogP contribution in [0.4, 0.5) is 11.4 Å². The first-order valence-electron chi connectivity index (χ1n) is 6.16. The van der Waals surface area contributed by atoms with Gasteiger partial charge in [0.25, 0.3) is 5.69 Å². The summed E-state index contributed by atoms with van der Waals surface area (Å²) in [6, 6.07) is 14.1. The van der Waals surface area contributed by atoms with Gasteiger partial charge in [-0.1, -0.05) is 34.1 Å². The van der Waals surface area contributed by atoms with Gasteiger partial charge in [-0.2, -0.15) is 5.26 Å². The first-order chi connectivity index (χ1) is 10.0. The Morgan fingerprint density at radius 1 is 1.33 bits per heavy atom. The lowest BCUT2D eigenvalue weighted by Gasteiger charge is -2.21. The number of hydrogen-bond donors (Lipinski definition) is 0. The Balaban J connectivity index is 2.31. The van der Waals surface area contributed by atoms with Crippen molar-refractivity contribution in [1.29, 1.82) is 5.26 Å². The van der Waals surface area contributed by atoms with E-state index in [9.17, 15) is 15.4 Å². The molecule has 5 nitrogen and oxygen atoms in total. The Hall–Kier alpha value is -2.39. The lowest BCUT2D eigenvalue weighted by molar-refractivity contribution is -0.384. The van der Waals surface area contributed by atoms with Crippen molar-refractivity contribution in [3.63, 3.8) is 0 Å². The molecule has 0 aliphatic carbocycles. The molecule has 0 amide bonds. The molecule has 0 spiro atoms. The number of non-ortho nitro benzene ring substituents is 1. The molecule has 0 aliphatic heterocycles. The molecule has 21 heavy (non-hydrogen) atoms. The summed E-state index contributed by atoms with van der Waals surface area (Å²) in [6.45, 7) is 0.591. The van der Waals surface area contributed by atoms with E-state index in [2.05, 4.69) is 15.9 Å². The Morgan fingerprint density at radius 2 is 2.05 bits per heavy atom. The van der Waals surface area contributed by atoms with Crippen LogP contribution in [0.3, 0.4) is 0 Å². The fraction of sp³-hybridized carbons (Fsp3) is 0.133. The molecule has 0 aliphatic rings. The third kappa shape index (κ3) is 3.38. The second-order valence-corrected chi connectivity index (χ2v) is 5.37. The molecule has 0 bridgehead atoms. The van der Waals surface area contributed by atoms with Gasteiger partial charge in [-0.15, -0.1) is 0 Å². The molecular formula is C15H12BrN3O2. The standard InChI is InChI=1S/C15H12BrN3O2/c1-18(10-11-4-2-3-5-14(11)16)15-7-6-13(19(20)21)8-12(15)9-17/h2-8H,10H2,1H3. The average molecular weight is 346 g/mol. The molecule has 0 atom stereocenters. The third-order valence-electron chi connectivity index (χ3n) is 3.09. The van der Waals surface area contributed by atoms with Crippen LogP contribution < -0.4 is 4.90 Å². The van der Waals surface area contributed by atoms with Gasteiger partial charge in [-0.05, 0) is 17.7 Å². The van der Waals surface area contributed by atoms with E-state index in [0.29, 0.717) is 17.8 Å². The van der Waals surface area contributed by atoms with Gasteiger partial charge in [0.2, 0.25) is 0 Å². The maximum absolute atomic E-state index is 10.8. The molecule has 106 valence electrons. The van der Waals surface area contributed by atoms with E-state index in [1.165, 1.54) is 12.1 Å². The summed E-state index contributed by atoms with van der Waals surface area (Å²) in [6.07, 6.45) is 0. The first-order valence-corrected chi connectivity index (χ1v) is 6.95. The highest BCUT2D eigenvalue weighted by Gasteiger charge is 2.14. The third-order valence-corrected chi connectivity index (χ3v) is 3.86. The smallest absolute Gasteiger partial charge is 0.270 e. The molecule has 0 aromatic heterocycles. The highest BCUT2D eigenvalue weighted by Crippen LogP contribution is 2.26. The van der Waals surface area contributed by atoms with E-state index >= 15 is 0 Å². The van der Waals surface area contributed by atoms with Crippen molar-refractivity contribution in [3.8, 4) is 6.07 Å². The summed E-state index contributed by atoms with van der Waals surface area (Å²) in [4.78, 5) is 12.2. The second kappa shape index (κ2) is 6.37. The fourth-order valence-corrected chi connectivity index (χ4v) is 2.44. The molecule has 0 unspecified atom stereocenters. The highest BCUT2D eigenvalue weighted by molar-refractivity contribution is 9.10. The van der Waals surface area contributed by atoms with Gasteiger partial charge in [0.15, 0.2) is 0 Å². The zero-order valence-electron chi connectivity index (χ0n) is 11.3. The number of hydrogen-bond acceptors (Lipinski definition) is 4. The predicted molar refractivity (Wildman–Crippen MR) is 84.1 cm³/mol. The minimum absolute atomic E-state index is 0.0791. The number of nitro benzene ring substituents is 1. The van der Waals surface area contributed by atoms with Crippen LogP contribution in [-0.4, -0.2) is 12.0 Å². The molecule has 2 aromatic carbocycles. The lowest BCUT2D eigenvalue weighted by atomic mass is 10.1. The SMILES string of the molecule is CN(Cc1ccccc1Br)c1ccc([N+](=O)[O-])cc1C#N. The summed E-state index contributed by atoms with van der Waals surface area (Å²) in [5.74, 6) is 0. The fourth-order valence-electron chi connectivity index (χ4n) is 2.03. The number of halogens is 1. The zero-order valence-corrected chi connectivity index (χ0v) is 12.9. The predicted octanol–water partition coefficient (Wildman–Crippen LogP) is 3.87. The summed E-state index contributed by atoms with van der Waals surface area (Å²) in [5.41, 5.74) is 1.95. The summed E-state index contributed by atoms with van der Waals surface area (Å²) < 4.78 is 0.984. The maximum Gasteiger partial charge on any atom is 0.270 e. The van der Waals surface area contributed by atoms with Crippen molar-refractivity contribution in [3.05, 3.63) is 68.2 Å². The van der Waals surface area contributed by atoms with Crippen LogP contribution in [0.1, 0.15) is 11.1 Å². The maximum atomic E-state index is 10.8. The van der Waals surface area contributed by atoms with E-state index in [4.69, 9.17) is 0 Å². The van der Waals surface area contributed by atoms with Gasteiger partial charge >= 0.3 is 0 Å². The van der Waals surface area contributed by atoms with Crippen molar-refractivity contribution >= 4 is 27.3 Å². The minimum atomic E-state index is -0.502. The summed E-state index contributed by atoms with van der Waals surface area (Å²) >= 11 is 3.48. The quantitative estimate of drug-likeness (QED) is 0.623. The van der Waals surface area contributed by atoms with Crippen molar-refractivity contribution in [2.24, 2.45) is 0 Å². The van der Waals surface area contributed by atoms with Crippen LogP contribution in [0.5, 0.6) is 0 Å². The van der Waals surface area contributed by atoms with Gasteiger partial charge in [0.05, 0.1) is 16.2 Å². The number of nitrogens with zero attached hydrogens (tertiary/aromatic N) is 3. The van der Waals surface area contributed by atoms with Crippen LogP contribution in [0.15, 0.2) is 46.9 Å². The van der Waals surface area contributed by atoms with E-state index in [1.54, 1.807) is 6.07 Å². The average Bonchev–Trinajstić information content (AvgIpc) is 2.48. The largest absolute Gasteiger partial charge is 0.369 e. The number of benzene rings is 2. The van der Waals surface area contributed by atoms with Crippen molar-refractivity contribution in [1.82, 2.24) is 0 Å². The normalized spacial score (nSPS) is 9.95. The number of nitro groups is 1. The molecule has 6 heteroatoms. The number of nitriles is 1. The van der Waals surface area contributed by atoms with Gasteiger partial charge in [-0.3, -0.25) is 10.1 Å². The molecule has 0 heterocycles. The van der Waals surface area contributed by atoms with Crippen molar-refractivity contribution in [2.75, 3.05) is 11.9 Å². The van der Waals surface area contributed by atoms with E-state index in [-0.39, 0.29) is 5.69 Å². The van der Waals surface area contributed by atoms with Crippen molar-refractivity contribution in [2.45, 2.75) is 6.54 Å². The molecule has 0 saturated carbocycles. The topological polar surface area (TPSA) is 70.2 Å². The second-order valence-electron chi connectivity index (χ2n) is 4.52. The molecular weight excluding hydrogens is 334 g/mol. The molecule has 0 fully saturated rings. The van der Waals surface area contributed by atoms with Crippen LogP contribution in [-0.2, 0) is 6.54 Å². The van der Waals surface area contributed by atoms with Crippen LogP contribution in [0.2, 0.25) is 0 Å². The van der Waals surface area contributed by atoms with Gasteiger partial charge in [0, 0.05) is 30.2 Å².